The Kier molecular flexibility index (Phi) is 8.42. The standard InChI is InChI=1S/C14H21NO4/c1-17-12-18-10-6-5-9-15-14(16)19-11-13-7-3-2-4-8-13/h2-4,7-8H,5-6,9-12H2,1H3,(H,15,16). The third-order valence-electron chi connectivity index (χ3n) is 2.40. The zero-order valence-corrected chi connectivity index (χ0v) is 11.3. The van der Waals surface area contributed by atoms with Crippen molar-refractivity contribution in [2.24, 2.45) is 0 Å². The maximum Gasteiger partial charge on any atom is 0.407 e. The zero-order valence-electron chi connectivity index (χ0n) is 11.3. The topological polar surface area (TPSA) is 56.8 Å². The quantitative estimate of drug-likeness (QED) is 0.551. The highest BCUT2D eigenvalue weighted by atomic mass is 16.7. The van der Waals surface area contributed by atoms with Gasteiger partial charge in [-0.2, -0.15) is 0 Å². The van der Waals surface area contributed by atoms with Crippen LogP contribution >= 0.6 is 0 Å². The van der Waals surface area contributed by atoms with Crippen LogP contribution in [0.3, 0.4) is 0 Å². The van der Waals surface area contributed by atoms with Crippen LogP contribution < -0.4 is 5.32 Å². The van der Waals surface area contributed by atoms with Gasteiger partial charge >= 0.3 is 6.09 Å². The molecule has 0 saturated carbocycles. The second kappa shape index (κ2) is 10.3. The van der Waals surface area contributed by atoms with Gasteiger partial charge in [0.05, 0.1) is 0 Å². The molecule has 1 amide bonds. The second-order valence-electron chi connectivity index (χ2n) is 4.01. The predicted octanol–water partition coefficient (Wildman–Crippen LogP) is 2.31. The summed E-state index contributed by atoms with van der Waals surface area (Å²) in [5.74, 6) is 0. The van der Waals surface area contributed by atoms with Crippen molar-refractivity contribution in [1.82, 2.24) is 5.32 Å². The molecule has 0 fully saturated rings. The Morgan fingerprint density at radius 2 is 2.00 bits per heavy atom. The predicted molar refractivity (Wildman–Crippen MR) is 71.7 cm³/mol. The molecule has 0 heterocycles. The highest BCUT2D eigenvalue weighted by molar-refractivity contribution is 5.67. The number of ether oxygens (including phenoxy) is 3. The largest absolute Gasteiger partial charge is 0.445 e. The molecule has 1 rings (SSSR count). The van der Waals surface area contributed by atoms with Crippen LogP contribution in [0.25, 0.3) is 0 Å². The van der Waals surface area contributed by atoms with Crippen molar-refractivity contribution in [3.8, 4) is 0 Å². The minimum Gasteiger partial charge on any atom is -0.445 e. The maximum absolute atomic E-state index is 11.4. The monoisotopic (exact) mass is 267 g/mol. The normalized spacial score (nSPS) is 10.2. The van der Waals surface area contributed by atoms with Gasteiger partial charge < -0.3 is 19.5 Å². The van der Waals surface area contributed by atoms with Crippen LogP contribution in [0.2, 0.25) is 0 Å². The molecule has 0 aliphatic carbocycles. The molecule has 0 aliphatic rings. The second-order valence-corrected chi connectivity index (χ2v) is 4.01. The van der Waals surface area contributed by atoms with Crippen LogP contribution in [0, 0.1) is 0 Å². The van der Waals surface area contributed by atoms with E-state index in [1.165, 1.54) is 0 Å². The van der Waals surface area contributed by atoms with Gasteiger partial charge in [0.2, 0.25) is 0 Å². The lowest BCUT2D eigenvalue weighted by Crippen LogP contribution is -2.25. The van der Waals surface area contributed by atoms with Gasteiger partial charge in [-0.3, -0.25) is 0 Å². The molecule has 1 aromatic carbocycles. The highest BCUT2D eigenvalue weighted by Crippen LogP contribution is 2.00. The fraction of sp³-hybridized carbons (Fsp3) is 0.500. The van der Waals surface area contributed by atoms with Gasteiger partial charge in [-0.1, -0.05) is 30.3 Å². The molecule has 0 bridgehead atoms. The average molecular weight is 267 g/mol. The minimum absolute atomic E-state index is 0.295. The lowest BCUT2D eigenvalue weighted by atomic mass is 10.2. The van der Waals surface area contributed by atoms with E-state index in [9.17, 15) is 4.79 Å². The first-order valence-corrected chi connectivity index (χ1v) is 6.34. The summed E-state index contributed by atoms with van der Waals surface area (Å²) in [6, 6.07) is 9.59. The highest BCUT2D eigenvalue weighted by Gasteiger charge is 2.01. The van der Waals surface area contributed by atoms with Gasteiger partial charge in [0, 0.05) is 20.3 Å². The Balaban J connectivity index is 1.96. The van der Waals surface area contributed by atoms with Crippen molar-refractivity contribution < 1.29 is 19.0 Å². The van der Waals surface area contributed by atoms with Crippen molar-refractivity contribution in [3.63, 3.8) is 0 Å². The summed E-state index contributed by atoms with van der Waals surface area (Å²) >= 11 is 0. The summed E-state index contributed by atoms with van der Waals surface area (Å²) in [6.07, 6.45) is 1.34. The van der Waals surface area contributed by atoms with Crippen LogP contribution in [-0.2, 0) is 20.8 Å². The van der Waals surface area contributed by atoms with Crippen LogP contribution in [0.5, 0.6) is 0 Å². The van der Waals surface area contributed by atoms with E-state index in [1.54, 1.807) is 7.11 Å². The number of alkyl carbamates (subject to hydrolysis) is 1. The number of benzene rings is 1. The molecular formula is C14H21NO4. The lowest BCUT2D eigenvalue weighted by Gasteiger charge is -2.07. The molecule has 5 nitrogen and oxygen atoms in total. The number of carbonyl (C=O) groups is 1. The molecule has 0 aromatic heterocycles. The first-order valence-electron chi connectivity index (χ1n) is 6.34. The van der Waals surface area contributed by atoms with Gasteiger partial charge in [0.25, 0.3) is 0 Å². The molecule has 0 saturated heterocycles. The first kappa shape index (κ1) is 15.5. The van der Waals surface area contributed by atoms with Crippen molar-refractivity contribution in [2.45, 2.75) is 19.4 Å². The van der Waals surface area contributed by atoms with Gasteiger partial charge in [-0.25, -0.2) is 4.79 Å². The van der Waals surface area contributed by atoms with Crippen LogP contribution in [-0.4, -0.2) is 33.1 Å². The first-order chi connectivity index (χ1) is 9.33. The van der Waals surface area contributed by atoms with Gasteiger partial charge in [-0.05, 0) is 18.4 Å². The molecule has 106 valence electrons. The van der Waals surface area contributed by atoms with Crippen LogP contribution in [0.15, 0.2) is 30.3 Å². The van der Waals surface area contributed by atoms with Crippen molar-refractivity contribution in [3.05, 3.63) is 35.9 Å². The molecule has 19 heavy (non-hydrogen) atoms. The molecule has 0 unspecified atom stereocenters. The molecule has 0 radical (unpaired) electrons. The number of carbonyl (C=O) groups excluding carboxylic acids is 1. The third kappa shape index (κ3) is 8.18. The average Bonchev–Trinajstić information content (AvgIpc) is 2.45. The lowest BCUT2D eigenvalue weighted by molar-refractivity contribution is -0.0314. The van der Waals surface area contributed by atoms with Gasteiger partial charge in [0.15, 0.2) is 0 Å². The Hall–Kier alpha value is -1.59. The minimum atomic E-state index is -0.387. The Bertz CT molecular complexity index is 343. The van der Waals surface area contributed by atoms with Crippen LogP contribution in [0.1, 0.15) is 18.4 Å². The molecule has 0 aliphatic heterocycles. The van der Waals surface area contributed by atoms with Gasteiger partial charge in [0.1, 0.15) is 13.4 Å². The number of methoxy groups -OCH3 is 1. The van der Waals surface area contributed by atoms with Crippen molar-refractivity contribution in [2.75, 3.05) is 27.1 Å². The Morgan fingerprint density at radius 3 is 2.74 bits per heavy atom. The molecule has 0 spiro atoms. The zero-order chi connectivity index (χ0) is 13.8. The van der Waals surface area contributed by atoms with E-state index in [1.807, 2.05) is 30.3 Å². The molecule has 0 atom stereocenters. The SMILES string of the molecule is COCOCCCCNC(=O)OCc1ccccc1. The molecule has 5 heteroatoms. The molecule has 1 N–H and O–H groups in total. The summed E-state index contributed by atoms with van der Waals surface area (Å²) in [4.78, 5) is 11.4. The molecular weight excluding hydrogens is 246 g/mol. The number of hydrogen-bond acceptors (Lipinski definition) is 4. The van der Waals surface area contributed by atoms with E-state index in [2.05, 4.69) is 5.32 Å². The van der Waals surface area contributed by atoms with Crippen LogP contribution in [0.4, 0.5) is 4.79 Å². The summed E-state index contributed by atoms with van der Waals surface area (Å²) in [5.41, 5.74) is 0.977. The number of amides is 1. The number of unbranched alkanes of at least 4 members (excludes halogenated alkanes) is 1. The number of nitrogens with one attached hydrogen (secondary N) is 1. The van der Waals surface area contributed by atoms with E-state index >= 15 is 0 Å². The summed E-state index contributed by atoms with van der Waals surface area (Å²) in [5, 5.41) is 2.70. The number of hydrogen-bond donors (Lipinski definition) is 1. The smallest absolute Gasteiger partial charge is 0.407 e. The van der Waals surface area contributed by atoms with Gasteiger partial charge in [-0.15, -0.1) is 0 Å². The molecule has 1 aromatic rings. The van der Waals surface area contributed by atoms with Crippen molar-refractivity contribution >= 4 is 6.09 Å². The Labute approximate surface area is 113 Å². The fourth-order valence-electron chi connectivity index (χ4n) is 1.44. The third-order valence-corrected chi connectivity index (χ3v) is 2.40. The van der Waals surface area contributed by atoms with E-state index in [-0.39, 0.29) is 6.09 Å². The summed E-state index contributed by atoms with van der Waals surface area (Å²) < 4.78 is 14.9. The fourth-order valence-corrected chi connectivity index (χ4v) is 1.44. The summed E-state index contributed by atoms with van der Waals surface area (Å²) in [6.45, 7) is 1.83. The van der Waals surface area contributed by atoms with Crippen molar-refractivity contribution in [1.29, 1.82) is 0 Å². The number of rotatable bonds is 9. The van der Waals surface area contributed by atoms with E-state index in [4.69, 9.17) is 14.2 Å². The van der Waals surface area contributed by atoms with E-state index < -0.39 is 0 Å². The summed E-state index contributed by atoms with van der Waals surface area (Å²) in [7, 11) is 1.59. The maximum atomic E-state index is 11.4. The Morgan fingerprint density at radius 1 is 1.21 bits per heavy atom. The van der Waals surface area contributed by atoms with E-state index in [0.717, 1.165) is 18.4 Å². The van der Waals surface area contributed by atoms with E-state index in [0.29, 0.717) is 26.6 Å².